The predicted octanol–water partition coefficient (Wildman–Crippen LogP) is 4.49. The molecule has 1 atom stereocenters. The molecule has 1 N–H and O–H groups in total. The van der Waals surface area contributed by atoms with E-state index in [0.29, 0.717) is 12.4 Å². The molecule has 1 amide bonds. The van der Waals surface area contributed by atoms with Crippen molar-refractivity contribution in [2.75, 3.05) is 12.4 Å². The van der Waals surface area contributed by atoms with Crippen LogP contribution in [0, 0.1) is 6.92 Å². The summed E-state index contributed by atoms with van der Waals surface area (Å²) in [6.07, 6.45) is 0.796. The lowest BCUT2D eigenvalue weighted by Gasteiger charge is -2.27. The van der Waals surface area contributed by atoms with Crippen LogP contribution in [0.25, 0.3) is 0 Å². The standard InChI is InChI=1S/C18H18BrNO2S/c1-12-4-2-3-5-17(12)23-11-18(21)20-15-8-9-22-16-7-6-13(19)10-14(15)16/h2-7,10,15H,8-9,11H2,1H3,(H,20,21). The van der Waals surface area contributed by atoms with Crippen molar-refractivity contribution in [1.29, 1.82) is 0 Å². The Balaban J connectivity index is 1.63. The largest absolute Gasteiger partial charge is 0.493 e. The average molecular weight is 392 g/mol. The first-order chi connectivity index (χ1) is 11.1. The molecule has 0 spiro atoms. The van der Waals surface area contributed by atoms with E-state index < -0.39 is 0 Å². The van der Waals surface area contributed by atoms with Crippen LogP contribution in [0.5, 0.6) is 5.75 Å². The molecule has 2 aromatic carbocycles. The van der Waals surface area contributed by atoms with Gasteiger partial charge in [-0.15, -0.1) is 11.8 Å². The van der Waals surface area contributed by atoms with Gasteiger partial charge in [0, 0.05) is 21.4 Å². The molecular weight excluding hydrogens is 374 g/mol. The zero-order valence-electron chi connectivity index (χ0n) is 12.8. The number of aryl methyl sites for hydroxylation is 1. The van der Waals surface area contributed by atoms with Crippen molar-refractivity contribution < 1.29 is 9.53 Å². The summed E-state index contributed by atoms with van der Waals surface area (Å²) >= 11 is 5.06. The lowest BCUT2D eigenvalue weighted by atomic mass is 10.0. The molecule has 3 nitrogen and oxygen atoms in total. The number of carbonyl (C=O) groups is 1. The number of hydrogen-bond acceptors (Lipinski definition) is 3. The van der Waals surface area contributed by atoms with Crippen LogP contribution in [0.4, 0.5) is 0 Å². The molecule has 3 rings (SSSR count). The second-order valence-electron chi connectivity index (χ2n) is 5.49. The van der Waals surface area contributed by atoms with Crippen LogP contribution < -0.4 is 10.1 Å². The van der Waals surface area contributed by atoms with Crippen LogP contribution in [0.2, 0.25) is 0 Å². The summed E-state index contributed by atoms with van der Waals surface area (Å²) in [6.45, 7) is 2.69. The highest BCUT2D eigenvalue weighted by Crippen LogP contribution is 2.34. The summed E-state index contributed by atoms with van der Waals surface area (Å²) in [4.78, 5) is 13.5. The van der Waals surface area contributed by atoms with E-state index in [1.54, 1.807) is 11.8 Å². The Bertz CT molecular complexity index is 720. The topological polar surface area (TPSA) is 38.3 Å². The monoisotopic (exact) mass is 391 g/mol. The van der Waals surface area contributed by atoms with Gasteiger partial charge < -0.3 is 10.1 Å². The van der Waals surface area contributed by atoms with Crippen LogP contribution in [0.1, 0.15) is 23.6 Å². The number of carbonyl (C=O) groups excluding carboxylic acids is 1. The fourth-order valence-electron chi connectivity index (χ4n) is 2.61. The second-order valence-corrected chi connectivity index (χ2v) is 7.43. The second kappa shape index (κ2) is 7.41. The first kappa shape index (κ1) is 16.4. The molecule has 5 heteroatoms. The molecule has 1 unspecified atom stereocenters. The van der Waals surface area contributed by atoms with Gasteiger partial charge in [0.15, 0.2) is 0 Å². The van der Waals surface area contributed by atoms with Crippen molar-refractivity contribution >= 4 is 33.6 Å². The molecule has 0 aromatic heterocycles. The van der Waals surface area contributed by atoms with Gasteiger partial charge in [-0.25, -0.2) is 0 Å². The van der Waals surface area contributed by atoms with Gasteiger partial charge in [0.05, 0.1) is 18.4 Å². The number of rotatable bonds is 4. The van der Waals surface area contributed by atoms with Crippen molar-refractivity contribution in [3.8, 4) is 5.75 Å². The van der Waals surface area contributed by atoms with Crippen molar-refractivity contribution in [1.82, 2.24) is 5.32 Å². The number of halogens is 1. The third-order valence-corrected chi connectivity index (χ3v) is 5.47. The first-order valence-corrected chi connectivity index (χ1v) is 9.31. The quantitative estimate of drug-likeness (QED) is 0.780. The number of benzene rings is 2. The molecule has 0 bridgehead atoms. The van der Waals surface area contributed by atoms with Gasteiger partial charge in [-0.3, -0.25) is 4.79 Å². The fourth-order valence-corrected chi connectivity index (χ4v) is 3.83. The van der Waals surface area contributed by atoms with Crippen LogP contribution in [-0.2, 0) is 4.79 Å². The van der Waals surface area contributed by atoms with Crippen molar-refractivity contribution in [2.45, 2.75) is 24.3 Å². The molecule has 1 heterocycles. The van der Waals surface area contributed by atoms with Crippen molar-refractivity contribution in [3.63, 3.8) is 0 Å². The zero-order chi connectivity index (χ0) is 16.2. The maximum atomic E-state index is 12.3. The highest BCUT2D eigenvalue weighted by atomic mass is 79.9. The molecule has 0 radical (unpaired) electrons. The Morgan fingerprint density at radius 2 is 2.17 bits per heavy atom. The van der Waals surface area contributed by atoms with Gasteiger partial charge in [0.25, 0.3) is 0 Å². The Morgan fingerprint density at radius 3 is 3.00 bits per heavy atom. The van der Waals surface area contributed by atoms with Gasteiger partial charge in [0.1, 0.15) is 5.75 Å². The maximum Gasteiger partial charge on any atom is 0.230 e. The smallest absolute Gasteiger partial charge is 0.230 e. The highest BCUT2D eigenvalue weighted by Gasteiger charge is 2.23. The van der Waals surface area contributed by atoms with E-state index in [4.69, 9.17) is 4.74 Å². The molecule has 0 saturated heterocycles. The number of nitrogens with one attached hydrogen (secondary N) is 1. The van der Waals surface area contributed by atoms with E-state index in [0.717, 1.165) is 27.1 Å². The van der Waals surface area contributed by atoms with Gasteiger partial charge >= 0.3 is 0 Å². The Hall–Kier alpha value is -1.46. The molecule has 1 aliphatic heterocycles. The van der Waals surface area contributed by atoms with Crippen LogP contribution in [0.3, 0.4) is 0 Å². The maximum absolute atomic E-state index is 12.3. The minimum atomic E-state index is 0.0150. The zero-order valence-corrected chi connectivity index (χ0v) is 15.2. The lowest BCUT2D eigenvalue weighted by Crippen LogP contribution is -2.33. The summed E-state index contributed by atoms with van der Waals surface area (Å²) in [6, 6.07) is 14.1. The van der Waals surface area contributed by atoms with Gasteiger partial charge in [-0.05, 0) is 36.8 Å². The average Bonchev–Trinajstić information content (AvgIpc) is 2.55. The summed E-state index contributed by atoms with van der Waals surface area (Å²) in [7, 11) is 0. The Morgan fingerprint density at radius 1 is 1.35 bits per heavy atom. The lowest BCUT2D eigenvalue weighted by molar-refractivity contribution is -0.119. The number of hydrogen-bond donors (Lipinski definition) is 1. The SMILES string of the molecule is Cc1ccccc1SCC(=O)NC1CCOc2ccc(Br)cc21. The van der Waals surface area contributed by atoms with E-state index in [-0.39, 0.29) is 11.9 Å². The molecule has 1 aliphatic rings. The summed E-state index contributed by atoms with van der Waals surface area (Å²) in [5.74, 6) is 1.33. The third kappa shape index (κ3) is 4.09. The van der Waals surface area contributed by atoms with Gasteiger partial charge in [0.2, 0.25) is 5.91 Å². The molecule has 120 valence electrons. The molecule has 2 aromatic rings. The van der Waals surface area contributed by atoms with E-state index in [2.05, 4.69) is 34.2 Å². The summed E-state index contributed by atoms with van der Waals surface area (Å²) < 4.78 is 6.65. The molecular formula is C18H18BrNO2S. The van der Waals surface area contributed by atoms with E-state index in [1.165, 1.54) is 5.56 Å². The number of ether oxygens (including phenoxy) is 1. The normalized spacial score (nSPS) is 16.3. The number of fused-ring (bicyclic) bond motifs is 1. The fraction of sp³-hybridized carbons (Fsp3) is 0.278. The molecule has 0 saturated carbocycles. The van der Waals surface area contributed by atoms with E-state index in [9.17, 15) is 4.79 Å². The summed E-state index contributed by atoms with van der Waals surface area (Å²) in [5.41, 5.74) is 2.24. The molecule has 0 aliphatic carbocycles. The van der Waals surface area contributed by atoms with Gasteiger partial charge in [-0.1, -0.05) is 34.1 Å². The Labute approximate surface area is 148 Å². The van der Waals surface area contributed by atoms with Gasteiger partial charge in [-0.2, -0.15) is 0 Å². The van der Waals surface area contributed by atoms with E-state index in [1.807, 2.05) is 36.4 Å². The first-order valence-electron chi connectivity index (χ1n) is 7.53. The minimum absolute atomic E-state index is 0.0150. The number of thioether (sulfide) groups is 1. The van der Waals surface area contributed by atoms with Crippen molar-refractivity contribution in [3.05, 3.63) is 58.1 Å². The van der Waals surface area contributed by atoms with Crippen LogP contribution in [0.15, 0.2) is 51.8 Å². The van der Waals surface area contributed by atoms with Crippen LogP contribution in [-0.4, -0.2) is 18.3 Å². The third-order valence-electron chi connectivity index (χ3n) is 3.80. The minimum Gasteiger partial charge on any atom is -0.493 e. The molecule has 0 fully saturated rings. The van der Waals surface area contributed by atoms with E-state index >= 15 is 0 Å². The summed E-state index contributed by atoms with van der Waals surface area (Å²) in [5, 5.41) is 3.13. The highest BCUT2D eigenvalue weighted by molar-refractivity contribution is 9.10. The van der Waals surface area contributed by atoms with Crippen LogP contribution >= 0.6 is 27.7 Å². The molecule has 23 heavy (non-hydrogen) atoms. The Kier molecular flexibility index (Phi) is 5.28. The van der Waals surface area contributed by atoms with Crippen molar-refractivity contribution in [2.24, 2.45) is 0 Å². The number of amides is 1. The predicted molar refractivity (Wildman–Crippen MR) is 97.0 cm³/mol.